The van der Waals surface area contributed by atoms with Crippen molar-refractivity contribution in [2.75, 3.05) is 5.88 Å². The molecular formula is C2H4N2O2S. The van der Waals surface area contributed by atoms with Gasteiger partial charge < -0.3 is 0 Å². The summed E-state index contributed by atoms with van der Waals surface area (Å²) in [5.41, 5.74) is 2.13. The Kier molecular flexibility index (Phi) is 1.18. The van der Waals surface area contributed by atoms with E-state index in [4.69, 9.17) is 5.21 Å². The number of rotatable bonds is 0. The zero-order valence-electron chi connectivity index (χ0n) is 3.42. The lowest BCUT2D eigenvalue weighted by Gasteiger charge is -1.98. The van der Waals surface area contributed by atoms with E-state index in [0.717, 1.165) is 16.9 Å². The minimum atomic E-state index is -0.206. The average molecular weight is 120 g/mol. The molecule has 0 aliphatic carbocycles. The van der Waals surface area contributed by atoms with Crippen molar-refractivity contribution in [3.8, 4) is 0 Å². The van der Waals surface area contributed by atoms with Crippen LogP contribution in [-0.2, 0) is 0 Å². The van der Waals surface area contributed by atoms with Gasteiger partial charge in [0.2, 0.25) is 0 Å². The van der Waals surface area contributed by atoms with Crippen LogP contribution >= 0.6 is 11.8 Å². The first-order valence-electron chi connectivity index (χ1n) is 1.69. The number of nitrogens with one attached hydrogen (secondary N) is 1. The third-order valence-electron chi connectivity index (χ3n) is 0.538. The van der Waals surface area contributed by atoms with Crippen LogP contribution in [0.5, 0.6) is 0 Å². The molecule has 0 saturated carbocycles. The smallest absolute Gasteiger partial charge is 0.294 e. The molecule has 5 heteroatoms. The summed E-state index contributed by atoms with van der Waals surface area (Å²) in [5.74, 6) is 0.318. The summed E-state index contributed by atoms with van der Waals surface area (Å²) in [6.07, 6.45) is 0. The summed E-state index contributed by atoms with van der Waals surface area (Å²) in [7, 11) is 0. The van der Waals surface area contributed by atoms with E-state index < -0.39 is 0 Å². The number of nitrogens with zero attached hydrogens (tertiary/aromatic N) is 1. The second-order valence-electron chi connectivity index (χ2n) is 1.07. The van der Waals surface area contributed by atoms with Gasteiger partial charge in [-0.05, 0) is 11.8 Å². The zero-order valence-corrected chi connectivity index (χ0v) is 4.23. The molecule has 0 aromatic rings. The standard InChI is InChI=1S/C2H4N2O2S/c5-2-3-4(6)1-7-2/h6H,1H2,(H,3,5). The highest BCUT2D eigenvalue weighted by Gasteiger charge is 2.15. The van der Waals surface area contributed by atoms with E-state index in [1.165, 1.54) is 0 Å². The van der Waals surface area contributed by atoms with E-state index >= 15 is 0 Å². The number of hydrogen-bond acceptors (Lipinski definition) is 4. The largest absolute Gasteiger partial charge is 0.296 e. The van der Waals surface area contributed by atoms with Gasteiger partial charge in [0.05, 0.1) is 5.88 Å². The van der Waals surface area contributed by atoms with Gasteiger partial charge in [-0.25, -0.2) is 0 Å². The Bertz CT molecular complexity index is 95.7. The summed E-state index contributed by atoms with van der Waals surface area (Å²) in [4.78, 5) is 10.1. The Labute approximate surface area is 44.4 Å². The first-order valence-corrected chi connectivity index (χ1v) is 2.67. The molecule has 1 amide bonds. The second kappa shape index (κ2) is 1.69. The van der Waals surface area contributed by atoms with Crippen LogP contribution < -0.4 is 5.43 Å². The molecule has 1 heterocycles. The third kappa shape index (κ3) is 1.05. The quantitative estimate of drug-likeness (QED) is 0.472. The Morgan fingerprint density at radius 1 is 2.00 bits per heavy atom. The number of hydrogen-bond donors (Lipinski definition) is 2. The highest BCUT2D eigenvalue weighted by atomic mass is 32.2. The number of thioether (sulfide) groups is 1. The minimum absolute atomic E-state index is 0.206. The lowest BCUT2D eigenvalue weighted by molar-refractivity contribution is -0.0970. The molecule has 0 atom stereocenters. The number of hydroxylamine groups is 1. The van der Waals surface area contributed by atoms with Crippen LogP contribution in [0, 0.1) is 0 Å². The maximum atomic E-state index is 10.1. The van der Waals surface area contributed by atoms with Crippen LogP contribution in [0.15, 0.2) is 0 Å². The Balaban J connectivity index is 2.40. The van der Waals surface area contributed by atoms with Crippen molar-refractivity contribution in [1.82, 2.24) is 10.6 Å². The molecule has 0 aromatic heterocycles. The van der Waals surface area contributed by atoms with Crippen LogP contribution in [0.1, 0.15) is 0 Å². The van der Waals surface area contributed by atoms with Gasteiger partial charge in [0.15, 0.2) is 0 Å². The van der Waals surface area contributed by atoms with Crippen LogP contribution in [0.4, 0.5) is 4.79 Å². The average Bonchev–Trinajstić information content (AvgIpc) is 1.87. The van der Waals surface area contributed by atoms with Gasteiger partial charge in [-0.15, -0.1) is 0 Å². The van der Waals surface area contributed by atoms with Crippen molar-refractivity contribution < 1.29 is 10.0 Å². The first-order chi connectivity index (χ1) is 3.29. The molecule has 0 unspecified atom stereocenters. The van der Waals surface area contributed by atoms with Crippen molar-refractivity contribution in [3.63, 3.8) is 0 Å². The highest BCUT2D eigenvalue weighted by molar-refractivity contribution is 8.13. The lowest BCUT2D eigenvalue weighted by Crippen LogP contribution is -2.28. The van der Waals surface area contributed by atoms with E-state index in [-0.39, 0.29) is 5.24 Å². The van der Waals surface area contributed by atoms with E-state index in [9.17, 15) is 4.79 Å². The van der Waals surface area contributed by atoms with Gasteiger partial charge in [0.25, 0.3) is 5.24 Å². The SMILES string of the molecule is O=C1NN(O)CS1. The van der Waals surface area contributed by atoms with Gasteiger partial charge in [-0.3, -0.25) is 15.4 Å². The second-order valence-corrected chi connectivity index (χ2v) is 1.99. The van der Waals surface area contributed by atoms with Gasteiger partial charge in [0.1, 0.15) is 0 Å². The van der Waals surface area contributed by atoms with Crippen LogP contribution in [0.2, 0.25) is 0 Å². The predicted molar refractivity (Wildman–Crippen MR) is 24.6 cm³/mol. The summed E-state index contributed by atoms with van der Waals surface area (Å²) in [6, 6.07) is 0. The summed E-state index contributed by atoms with van der Waals surface area (Å²) >= 11 is 1.03. The van der Waals surface area contributed by atoms with Crippen LogP contribution in [0.25, 0.3) is 0 Å². The predicted octanol–water partition coefficient (Wildman–Crippen LogP) is 0.00650. The molecule has 0 aromatic carbocycles. The van der Waals surface area contributed by atoms with E-state index in [2.05, 4.69) is 5.43 Å². The Morgan fingerprint density at radius 3 is 2.86 bits per heavy atom. The molecule has 1 aliphatic rings. The minimum Gasteiger partial charge on any atom is -0.294 e. The maximum Gasteiger partial charge on any atom is 0.296 e. The fraction of sp³-hybridized carbons (Fsp3) is 0.500. The third-order valence-corrected chi connectivity index (χ3v) is 1.27. The molecule has 0 radical (unpaired) electrons. The molecule has 0 spiro atoms. The van der Waals surface area contributed by atoms with Gasteiger partial charge in [-0.1, -0.05) is 5.17 Å². The van der Waals surface area contributed by atoms with Crippen molar-refractivity contribution >= 4 is 17.0 Å². The number of amides is 1. The lowest BCUT2D eigenvalue weighted by atomic mass is 11.3. The molecule has 0 bridgehead atoms. The van der Waals surface area contributed by atoms with Gasteiger partial charge >= 0.3 is 0 Å². The Hall–Kier alpha value is -0.260. The van der Waals surface area contributed by atoms with E-state index in [1.807, 2.05) is 0 Å². The fourth-order valence-corrected chi connectivity index (χ4v) is 0.764. The van der Waals surface area contributed by atoms with Gasteiger partial charge in [-0.2, -0.15) is 0 Å². The van der Waals surface area contributed by atoms with E-state index in [1.54, 1.807) is 0 Å². The van der Waals surface area contributed by atoms with Crippen LogP contribution in [-0.4, -0.2) is 21.5 Å². The van der Waals surface area contributed by atoms with Gasteiger partial charge in [0, 0.05) is 0 Å². The Morgan fingerprint density at radius 2 is 2.71 bits per heavy atom. The molecule has 1 aliphatic heterocycles. The topological polar surface area (TPSA) is 52.6 Å². The zero-order chi connectivity index (χ0) is 5.28. The van der Waals surface area contributed by atoms with E-state index in [0.29, 0.717) is 5.88 Å². The first kappa shape index (κ1) is 4.89. The summed E-state index contributed by atoms with van der Waals surface area (Å²) in [5, 5.41) is 8.92. The number of carbonyl (C=O) groups is 1. The molecule has 7 heavy (non-hydrogen) atoms. The van der Waals surface area contributed by atoms with Crippen LogP contribution in [0.3, 0.4) is 0 Å². The summed E-state index contributed by atoms with van der Waals surface area (Å²) in [6.45, 7) is 0. The summed E-state index contributed by atoms with van der Waals surface area (Å²) < 4.78 is 0. The molecule has 1 saturated heterocycles. The molecule has 4 nitrogen and oxygen atoms in total. The number of hydrazine groups is 1. The van der Waals surface area contributed by atoms with Crippen molar-refractivity contribution in [2.45, 2.75) is 0 Å². The molecule has 2 N–H and O–H groups in total. The maximum absolute atomic E-state index is 10.1. The molecule has 1 rings (SSSR count). The normalized spacial score (nSPS) is 22.7. The molecule has 40 valence electrons. The van der Waals surface area contributed by atoms with Crippen molar-refractivity contribution in [1.29, 1.82) is 0 Å². The van der Waals surface area contributed by atoms with Crippen molar-refractivity contribution in [3.05, 3.63) is 0 Å². The fourth-order valence-electron chi connectivity index (χ4n) is 0.290. The van der Waals surface area contributed by atoms with Crippen molar-refractivity contribution in [2.24, 2.45) is 0 Å². The molecular weight excluding hydrogens is 116 g/mol. The monoisotopic (exact) mass is 120 g/mol. The molecule has 1 fully saturated rings. The highest BCUT2D eigenvalue weighted by Crippen LogP contribution is 2.08. The number of carbonyl (C=O) groups excluding carboxylic acids is 1.